The summed E-state index contributed by atoms with van der Waals surface area (Å²) < 4.78 is 20.4. The van der Waals surface area contributed by atoms with Gasteiger partial charge in [0.05, 0.1) is 25.7 Å². The molecule has 0 amide bonds. The van der Waals surface area contributed by atoms with Crippen molar-refractivity contribution in [3.05, 3.63) is 12.7 Å². The molecule has 0 aliphatic carbocycles. The van der Waals surface area contributed by atoms with E-state index in [2.05, 4.69) is 15.0 Å². The Balaban J connectivity index is 2.02. The van der Waals surface area contributed by atoms with E-state index in [1.165, 1.54) is 12.7 Å². The van der Waals surface area contributed by atoms with Crippen molar-refractivity contribution in [3.63, 3.8) is 0 Å². The minimum Gasteiger partial charge on any atom is -0.394 e. The van der Waals surface area contributed by atoms with Gasteiger partial charge in [-0.2, -0.15) is 0 Å². The maximum Gasteiger partial charge on any atom is 0.167 e. The first-order valence-electron chi connectivity index (χ1n) is 6.00. The number of nitrogens with zero attached hydrogens (tertiary/aromatic N) is 4. The summed E-state index contributed by atoms with van der Waals surface area (Å²) >= 11 is 0. The van der Waals surface area contributed by atoms with Gasteiger partial charge >= 0.3 is 0 Å². The van der Waals surface area contributed by atoms with Gasteiger partial charge in [0.15, 0.2) is 11.5 Å². The predicted octanol–water partition coefficient (Wildman–Crippen LogP) is 0.274. The van der Waals surface area contributed by atoms with Gasteiger partial charge < -0.3 is 15.6 Å². The van der Waals surface area contributed by atoms with Crippen LogP contribution in [0.1, 0.15) is 12.6 Å². The van der Waals surface area contributed by atoms with Crippen LogP contribution in [0.5, 0.6) is 0 Å². The quantitative estimate of drug-likeness (QED) is 0.828. The van der Waals surface area contributed by atoms with Crippen LogP contribution in [0.25, 0.3) is 11.2 Å². The van der Waals surface area contributed by atoms with Crippen LogP contribution in [0.15, 0.2) is 12.7 Å². The highest BCUT2D eigenvalue weighted by Crippen LogP contribution is 2.36. The molecule has 3 N–H and O–H groups in total. The summed E-state index contributed by atoms with van der Waals surface area (Å²) in [7, 11) is 0. The molecule has 3 heterocycles. The second-order valence-corrected chi connectivity index (χ2v) is 4.56. The van der Waals surface area contributed by atoms with Crippen molar-refractivity contribution >= 4 is 17.0 Å². The highest BCUT2D eigenvalue weighted by atomic mass is 19.1. The number of imidazole rings is 1. The number of alkyl halides is 1. The molecular formula is C11H14FN5O2. The fourth-order valence-electron chi connectivity index (χ4n) is 2.42. The number of aliphatic hydroxyl groups is 1. The number of halogens is 1. The molecule has 0 spiro atoms. The zero-order valence-electron chi connectivity index (χ0n) is 10.1. The minimum atomic E-state index is -0.526. The third-order valence-electron chi connectivity index (χ3n) is 3.36. The van der Waals surface area contributed by atoms with E-state index in [-0.39, 0.29) is 24.4 Å². The van der Waals surface area contributed by atoms with Gasteiger partial charge in [-0.3, -0.25) is 8.96 Å². The van der Waals surface area contributed by atoms with E-state index in [0.29, 0.717) is 17.6 Å². The molecule has 1 aliphatic rings. The Bertz CT molecular complexity index is 589. The molecule has 2 aromatic heterocycles. The second kappa shape index (κ2) is 4.71. The van der Waals surface area contributed by atoms with E-state index in [1.807, 2.05) is 0 Å². The lowest BCUT2D eigenvalue weighted by Crippen LogP contribution is -2.17. The molecule has 7 nitrogen and oxygen atoms in total. The fraction of sp³-hybridized carbons (Fsp3) is 0.545. The number of fused-ring (bicyclic) bond motifs is 1. The largest absolute Gasteiger partial charge is 0.394 e. The molecule has 2 aromatic rings. The third kappa shape index (κ3) is 1.92. The summed E-state index contributed by atoms with van der Waals surface area (Å²) in [4.78, 5) is 12.1. The topological polar surface area (TPSA) is 99.1 Å². The Kier molecular flexibility index (Phi) is 3.03. The number of ether oxygens (including phenoxy) is 1. The van der Waals surface area contributed by atoms with Crippen LogP contribution in [0.4, 0.5) is 10.2 Å². The average molecular weight is 267 g/mol. The second-order valence-electron chi connectivity index (χ2n) is 4.56. The average Bonchev–Trinajstić information content (AvgIpc) is 3.02. The van der Waals surface area contributed by atoms with Crippen LogP contribution in [0, 0.1) is 5.92 Å². The lowest BCUT2D eigenvalue weighted by atomic mass is 10.1. The smallest absolute Gasteiger partial charge is 0.167 e. The van der Waals surface area contributed by atoms with Gasteiger partial charge in [0.2, 0.25) is 0 Å². The van der Waals surface area contributed by atoms with Gasteiger partial charge in [0.25, 0.3) is 0 Å². The molecule has 19 heavy (non-hydrogen) atoms. The van der Waals surface area contributed by atoms with Crippen molar-refractivity contribution in [2.45, 2.75) is 18.8 Å². The first-order valence-corrected chi connectivity index (χ1v) is 6.00. The molecule has 0 aromatic carbocycles. The van der Waals surface area contributed by atoms with Crippen LogP contribution < -0.4 is 5.73 Å². The number of aromatic nitrogens is 4. The van der Waals surface area contributed by atoms with Crippen molar-refractivity contribution in [1.29, 1.82) is 0 Å². The highest BCUT2D eigenvalue weighted by molar-refractivity contribution is 5.81. The summed E-state index contributed by atoms with van der Waals surface area (Å²) in [5, 5.41) is 9.13. The number of anilines is 1. The van der Waals surface area contributed by atoms with Gasteiger partial charge in [-0.1, -0.05) is 0 Å². The van der Waals surface area contributed by atoms with E-state index in [0.717, 1.165) is 0 Å². The Hall–Kier alpha value is -1.80. The lowest BCUT2D eigenvalue weighted by Gasteiger charge is -2.17. The molecular weight excluding hydrogens is 253 g/mol. The normalized spacial score (nSPS) is 27.2. The number of hydrogen-bond acceptors (Lipinski definition) is 6. The summed E-state index contributed by atoms with van der Waals surface area (Å²) in [5.41, 5.74) is 6.68. The molecule has 1 unspecified atom stereocenters. The number of rotatable bonds is 3. The number of nitrogen functional groups attached to an aromatic ring is 1. The molecule has 0 bridgehead atoms. The highest BCUT2D eigenvalue weighted by Gasteiger charge is 2.37. The van der Waals surface area contributed by atoms with Crippen LogP contribution in [-0.4, -0.2) is 44.0 Å². The van der Waals surface area contributed by atoms with Gasteiger partial charge in [-0.25, -0.2) is 15.0 Å². The van der Waals surface area contributed by atoms with Gasteiger partial charge in [0, 0.05) is 5.92 Å². The number of hydrogen-bond donors (Lipinski definition) is 2. The van der Waals surface area contributed by atoms with E-state index in [4.69, 9.17) is 15.6 Å². The summed E-state index contributed by atoms with van der Waals surface area (Å²) in [6.07, 6.45) is 2.43. The molecule has 102 valence electrons. The van der Waals surface area contributed by atoms with E-state index >= 15 is 0 Å². The van der Waals surface area contributed by atoms with E-state index in [9.17, 15) is 4.39 Å². The van der Waals surface area contributed by atoms with E-state index in [1.54, 1.807) is 4.57 Å². The monoisotopic (exact) mass is 267 g/mol. The lowest BCUT2D eigenvalue weighted by molar-refractivity contribution is -0.0332. The summed E-state index contributed by atoms with van der Waals surface area (Å²) in [6.45, 7) is -0.655. The zero-order chi connectivity index (χ0) is 13.4. The zero-order valence-corrected chi connectivity index (χ0v) is 10.1. The number of nitrogens with two attached hydrogens (primary N) is 1. The molecule has 1 aliphatic heterocycles. The SMILES string of the molecule is Nc1ncnc2c1ncn2[C@@H]1O[C@H](CO)CC1CF. The van der Waals surface area contributed by atoms with Gasteiger partial charge in [-0.05, 0) is 6.42 Å². The van der Waals surface area contributed by atoms with Crippen molar-refractivity contribution in [3.8, 4) is 0 Å². The van der Waals surface area contributed by atoms with Crippen LogP contribution >= 0.6 is 0 Å². The van der Waals surface area contributed by atoms with Crippen molar-refractivity contribution in [2.75, 3.05) is 19.0 Å². The first-order chi connectivity index (χ1) is 9.24. The molecule has 1 fully saturated rings. The Morgan fingerprint density at radius 1 is 1.47 bits per heavy atom. The van der Waals surface area contributed by atoms with Gasteiger partial charge in [0.1, 0.15) is 18.1 Å². The van der Waals surface area contributed by atoms with Gasteiger partial charge in [-0.15, -0.1) is 0 Å². The summed E-state index contributed by atoms with van der Waals surface area (Å²) in [6, 6.07) is 0. The van der Waals surface area contributed by atoms with Crippen molar-refractivity contribution in [2.24, 2.45) is 5.92 Å². The maximum atomic E-state index is 13.1. The molecule has 3 atom stereocenters. The Morgan fingerprint density at radius 3 is 3.05 bits per heavy atom. The minimum absolute atomic E-state index is 0.128. The number of aliphatic hydroxyl groups excluding tert-OH is 1. The standard InChI is InChI=1S/C11H14FN5O2/c12-2-6-1-7(3-18)19-11(6)17-5-16-8-9(13)14-4-15-10(8)17/h4-7,11,18H,1-3H2,(H2,13,14,15)/t6?,7-,11+/m0/s1. The molecule has 3 rings (SSSR count). The maximum absolute atomic E-state index is 13.1. The predicted molar refractivity (Wildman–Crippen MR) is 64.8 cm³/mol. The van der Waals surface area contributed by atoms with Crippen LogP contribution in [-0.2, 0) is 4.74 Å². The van der Waals surface area contributed by atoms with Crippen molar-refractivity contribution in [1.82, 2.24) is 19.5 Å². The summed E-state index contributed by atoms with van der Waals surface area (Å²) in [5.74, 6) is -0.0528. The van der Waals surface area contributed by atoms with Crippen LogP contribution in [0.2, 0.25) is 0 Å². The molecule has 0 radical (unpaired) electrons. The first kappa shape index (κ1) is 12.2. The van der Waals surface area contributed by atoms with Crippen LogP contribution in [0.3, 0.4) is 0 Å². The van der Waals surface area contributed by atoms with Crippen molar-refractivity contribution < 1.29 is 14.2 Å². The molecule has 8 heteroatoms. The third-order valence-corrected chi connectivity index (χ3v) is 3.36. The van der Waals surface area contributed by atoms with E-state index < -0.39 is 12.9 Å². The Morgan fingerprint density at radius 2 is 2.32 bits per heavy atom. The molecule has 0 saturated carbocycles. The Labute approximate surface area is 108 Å². The molecule has 1 saturated heterocycles. The fourth-order valence-corrected chi connectivity index (χ4v) is 2.42.